The molecule has 1 N–H and O–H groups in total. The lowest BCUT2D eigenvalue weighted by Gasteiger charge is -2.05. The van der Waals surface area contributed by atoms with Crippen LogP contribution in [0.2, 0.25) is 0 Å². The fourth-order valence-corrected chi connectivity index (χ4v) is 2.14. The molecule has 0 spiro atoms. The Morgan fingerprint density at radius 1 is 1.41 bits per heavy atom. The lowest BCUT2D eigenvalue weighted by Crippen LogP contribution is -2.16. The Balaban J connectivity index is 2.34. The van der Waals surface area contributed by atoms with Crippen molar-refractivity contribution in [1.29, 1.82) is 0 Å². The van der Waals surface area contributed by atoms with E-state index in [4.69, 9.17) is 0 Å². The predicted molar refractivity (Wildman–Crippen MR) is 72.4 cm³/mol. The molecular weight excluding hydrogens is 236 g/mol. The van der Waals surface area contributed by atoms with Crippen molar-refractivity contribution in [2.45, 2.75) is 19.9 Å². The zero-order chi connectivity index (χ0) is 12.5. The van der Waals surface area contributed by atoms with E-state index < -0.39 is 0 Å². The lowest BCUT2D eigenvalue weighted by atomic mass is 10.2. The molecule has 0 radical (unpaired) electrons. The van der Waals surface area contributed by atoms with Gasteiger partial charge in [-0.15, -0.1) is 0 Å². The molecule has 0 aliphatic rings. The topological polar surface area (TPSA) is 55.2 Å². The number of nitrogens with zero attached hydrogens (tertiary/aromatic N) is 1. The number of hydrogen-bond donors (Lipinski definition) is 1. The maximum Gasteiger partial charge on any atom is 0.273 e. The second-order valence-electron chi connectivity index (χ2n) is 3.61. The van der Waals surface area contributed by atoms with Gasteiger partial charge < -0.3 is 5.32 Å². The summed E-state index contributed by atoms with van der Waals surface area (Å²) in [6.07, 6.45) is 1.10. The molecule has 94 valence electrons. The third kappa shape index (κ3) is 5.19. The summed E-state index contributed by atoms with van der Waals surface area (Å²) in [7, 11) is 0. The van der Waals surface area contributed by atoms with E-state index in [1.807, 2.05) is 17.8 Å². The molecule has 0 aliphatic heterocycles. The molecule has 0 aromatic heterocycles. The van der Waals surface area contributed by atoms with Crippen molar-refractivity contribution in [3.05, 3.63) is 39.9 Å². The minimum Gasteiger partial charge on any atom is -0.312 e. The van der Waals surface area contributed by atoms with Gasteiger partial charge >= 0.3 is 0 Å². The first-order chi connectivity index (χ1) is 8.25. The van der Waals surface area contributed by atoms with Gasteiger partial charge in [-0.05, 0) is 24.5 Å². The zero-order valence-electron chi connectivity index (χ0n) is 10.0. The summed E-state index contributed by atoms with van der Waals surface area (Å²) in [5.41, 5.74) is 0.948. The van der Waals surface area contributed by atoms with Gasteiger partial charge in [0, 0.05) is 18.2 Å². The first-order valence-corrected chi connectivity index (χ1v) is 6.92. The molecule has 0 atom stereocenters. The SMILES string of the molecule is CCSCCCNCc1ccccc1[N+](=O)[O-]. The Kier molecular flexibility index (Phi) is 6.65. The molecule has 4 nitrogen and oxygen atoms in total. The normalized spacial score (nSPS) is 10.4. The first kappa shape index (κ1) is 14.0. The van der Waals surface area contributed by atoms with Crippen molar-refractivity contribution in [3.8, 4) is 0 Å². The number of nitro benzene ring substituents is 1. The second kappa shape index (κ2) is 8.08. The number of hydrogen-bond acceptors (Lipinski definition) is 4. The molecular formula is C12H18N2O2S. The van der Waals surface area contributed by atoms with Gasteiger partial charge in [-0.2, -0.15) is 11.8 Å². The Labute approximate surface area is 106 Å². The third-order valence-electron chi connectivity index (χ3n) is 2.35. The minimum atomic E-state index is -0.329. The minimum absolute atomic E-state index is 0.197. The summed E-state index contributed by atoms with van der Waals surface area (Å²) in [5.74, 6) is 2.28. The number of para-hydroxylation sites is 1. The maximum atomic E-state index is 10.8. The van der Waals surface area contributed by atoms with Crippen molar-refractivity contribution in [1.82, 2.24) is 5.32 Å². The highest BCUT2D eigenvalue weighted by Crippen LogP contribution is 2.16. The second-order valence-corrected chi connectivity index (χ2v) is 5.01. The van der Waals surface area contributed by atoms with Gasteiger partial charge in [-0.1, -0.05) is 25.1 Å². The highest BCUT2D eigenvalue weighted by molar-refractivity contribution is 7.99. The van der Waals surface area contributed by atoms with Crippen molar-refractivity contribution in [3.63, 3.8) is 0 Å². The van der Waals surface area contributed by atoms with Gasteiger partial charge in [-0.25, -0.2) is 0 Å². The largest absolute Gasteiger partial charge is 0.312 e. The number of nitrogens with one attached hydrogen (secondary N) is 1. The van der Waals surface area contributed by atoms with Gasteiger partial charge in [0.2, 0.25) is 0 Å². The van der Waals surface area contributed by atoms with E-state index in [9.17, 15) is 10.1 Å². The fraction of sp³-hybridized carbons (Fsp3) is 0.500. The summed E-state index contributed by atoms with van der Waals surface area (Å²) in [6.45, 7) is 3.61. The van der Waals surface area contributed by atoms with Gasteiger partial charge in [0.05, 0.1) is 4.92 Å². The van der Waals surface area contributed by atoms with Crippen LogP contribution in [0.25, 0.3) is 0 Å². The van der Waals surface area contributed by atoms with Crippen LogP contribution in [-0.4, -0.2) is 23.0 Å². The smallest absolute Gasteiger partial charge is 0.273 e. The van der Waals surface area contributed by atoms with Crippen LogP contribution in [0.3, 0.4) is 0 Å². The number of nitro groups is 1. The van der Waals surface area contributed by atoms with E-state index in [0.29, 0.717) is 6.54 Å². The van der Waals surface area contributed by atoms with Gasteiger partial charge in [-0.3, -0.25) is 10.1 Å². The van der Waals surface area contributed by atoms with Crippen molar-refractivity contribution in [2.24, 2.45) is 0 Å². The van der Waals surface area contributed by atoms with Crippen LogP contribution >= 0.6 is 11.8 Å². The molecule has 0 bridgehead atoms. The maximum absolute atomic E-state index is 10.8. The molecule has 0 aliphatic carbocycles. The van der Waals surface area contributed by atoms with E-state index >= 15 is 0 Å². The fourth-order valence-electron chi connectivity index (χ4n) is 1.51. The zero-order valence-corrected chi connectivity index (χ0v) is 10.8. The average molecular weight is 254 g/mol. The molecule has 17 heavy (non-hydrogen) atoms. The highest BCUT2D eigenvalue weighted by atomic mass is 32.2. The summed E-state index contributed by atoms with van der Waals surface area (Å²) in [6, 6.07) is 6.87. The molecule has 5 heteroatoms. The summed E-state index contributed by atoms with van der Waals surface area (Å²) >= 11 is 1.91. The molecule has 1 aromatic carbocycles. The molecule has 0 fully saturated rings. The average Bonchev–Trinajstić information content (AvgIpc) is 2.34. The van der Waals surface area contributed by atoms with E-state index in [0.717, 1.165) is 30.0 Å². The van der Waals surface area contributed by atoms with Crippen molar-refractivity contribution < 1.29 is 4.92 Å². The van der Waals surface area contributed by atoms with Crippen LogP contribution < -0.4 is 5.32 Å². The predicted octanol–water partition coefficient (Wildman–Crippen LogP) is 2.83. The Morgan fingerprint density at radius 2 is 2.18 bits per heavy atom. The number of thioether (sulfide) groups is 1. The molecule has 0 saturated heterocycles. The van der Waals surface area contributed by atoms with Crippen LogP contribution in [0.15, 0.2) is 24.3 Å². The van der Waals surface area contributed by atoms with Crippen LogP contribution in [-0.2, 0) is 6.54 Å². The van der Waals surface area contributed by atoms with Gasteiger partial charge in [0.1, 0.15) is 0 Å². The summed E-state index contributed by atoms with van der Waals surface area (Å²) in [4.78, 5) is 10.4. The van der Waals surface area contributed by atoms with E-state index in [1.54, 1.807) is 18.2 Å². The van der Waals surface area contributed by atoms with Gasteiger partial charge in [0.15, 0.2) is 0 Å². The molecule has 0 unspecified atom stereocenters. The lowest BCUT2D eigenvalue weighted by molar-refractivity contribution is -0.385. The quantitative estimate of drug-likeness (QED) is 0.440. The monoisotopic (exact) mass is 254 g/mol. The summed E-state index contributed by atoms with van der Waals surface area (Å²) in [5, 5.41) is 14.0. The standard InChI is InChI=1S/C12H18N2O2S/c1-2-17-9-5-8-13-10-11-6-3-4-7-12(11)14(15)16/h3-4,6-7,13H,2,5,8-10H2,1H3. The molecule has 0 saturated carbocycles. The van der Waals surface area contributed by atoms with Crippen molar-refractivity contribution in [2.75, 3.05) is 18.1 Å². The molecule has 0 heterocycles. The highest BCUT2D eigenvalue weighted by Gasteiger charge is 2.10. The van der Waals surface area contributed by atoms with E-state index in [1.165, 1.54) is 0 Å². The Bertz CT molecular complexity index is 358. The van der Waals surface area contributed by atoms with Crippen LogP contribution in [0, 0.1) is 10.1 Å². The Morgan fingerprint density at radius 3 is 2.88 bits per heavy atom. The van der Waals surface area contributed by atoms with Crippen LogP contribution in [0.1, 0.15) is 18.9 Å². The molecule has 1 aromatic rings. The van der Waals surface area contributed by atoms with E-state index in [-0.39, 0.29) is 10.6 Å². The van der Waals surface area contributed by atoms with Gasteiger partial charge in [0.25, 0.3) is 5.69 Å². The number of benzene rings is 1. The number of rotatable bonds is 8. The molecule has 1 rings (SSSR count). The third-order valence-corrected chi connectivity index (χ3v) is 3.34. The molecule has 0 amide bonds. The van der Waals surface area contributed by atoms with E-state index in [2.05, 4.69) is 12.2 Å². The Hall–Kier alpha value is -1.07. The summed E-state index contributed by atoms with van der Waals surface area (Å²) < 4.78 is 0. The van der Waals surface area contributed by atoms with Crippen molar-refractivity contribution >= 4 is 17.4 Å². The van der Waals surface area contributed by atoms with Crippen LogP contribution in [0.4, 0.5) is 5.69 Å². The van der Waals surface area contributed by atoms with Crippen LogP contribution in [0.5, 0.6) is 0 Å². The first-order valence-electron chi connectivity index (χ1n) is 5.76.